The Morgan fingerprint density at radius 2 is 2.12 bits per heavy atom. The van der Waals surface area contributed by atoms with Crippen molar-refractivity contribution in [3.63, 3.8) is 0 Å². The largest absolute Gasteiger partial charge is 0.497 e. The highest BCUT2D eigenvalue weighted by atomic mass is 16.5. The van der Waals surface area contributed by atoms with Crippen LogP contribution in [0, 0.1) is 0 Å². The molecule has 1 heterocycles. The number of rotatable bonds is 3. The van der Waals surface area contributed by atoms with E-state index in [2.05, 4.69) is 9.98 Å². The minimum Gasteiger partial charge on any atom is -0.497 e. The number of hydrogen-bond acceptors (Lipinski definition) is 3. The second kappa shape index (κ2) is 5.07. The first-order valence-electron chi connectivity index (χ1n) is 4.97. The molecular formula is C13H12N2O. The van der Waals surface area contributed by atoms with E-state index >= 15 is 0 Å². The number of hydrogen-bond donors (Lipinski definition) is 0. The summed E-state index contributed by atoms with van der Waals surface area (Å²) < 4.78 is 5.12. The van der Waals surface area contributed by atoms with Crippen LogP contribution in [0.4, 0.5) is 5.69 Å². The molecule has 3 nitrogen and oxygen atoms in total. The van der Waals surface area contributed by atoms with Crippen molar-refractivity contribution in [1.29, 1.82) is 0 Å². The summed E-state index contributed by atoms with van der Waals surface area (Å²) in [5.41, 5.74) is 1.69. The molecule has 80 valence electrons. The molecule has 0 radical (unpaired) electrons. The van der Waals surface area contributed by atoms with Crippen LogP contribution >= 0.6 is 0 Å². The highest BCUT2D eigenvalue weighted by Gasteiger charge is 1.92. The third kappa shape index (κ3) is 2.67. The molecule has 0 amide bonds. The Hall–Kier alpha value is -2.16. The fourth-order valence-corrected chi connectivity index (χ4v) is 1.28. The van der Waals surface area contributed by atoms with Gasteiger partial charge in [-0.2, -0.15) is 0 Å². The molecule has 0 spiro atoms. The van der Waals surface area contributed by atoms with Gasteiger partial charge in [-0.3, -0.25) is 9.98 Å². The van der Waals surface area contributed by atoms with E-state index in [1.54, 1.807) is 19.5 Å². The van der Waals surface area contributed by atoms with Crippen LogP contribution < -0.4 is 4.74 Å². The Morgan fingerprint density at radius 1 is 1.19 bits per heavy atom. The number of benzene rings is 1. The lowest BCUT2D eigenvalue weighted by Gasteiger charge is -1.99. The maximum absolute atomic E-state index is 5.12. The van der Waals surface area contributed by atoms with Crippen LogP contribution in [-0.2, 0) is 0 Å². The summed E-state index contributed by atoms with van der Waals surface area (Å²) in [6, 6.07) is 13.3. The van der Waals surface area contributed by atoms with Gasteiger partial charge in [-0.05, 0) is 24.3 Å². The summed E-state index contributed by atoms with van der Waals surface area (Å²) in [4.78, 5) is 8.47. The van der Waals surface area contributed by atoms with Gasteiger partial charge in [0.15, 0.2) is 0 Å². The Bertz CT molecular complexity index is 480. The average Bonchev–Trinajstić information content (AvgIpc) is 2.38. The van der Waals surface area contributed by atoms with Gasteiger partial charge < -0.3 is 4.74 Å². The molecule has 0 aliphatic carbocycles. The molecule has 16 heavy (non-hydrogen) atoms. The highest BCUT2D eigenvalue weighted by molar-refractivity contribution is 5.79. The van der Waals surface area contributed by atoms with Crippen molar-refractivity contribution < 1.29 is 4.74 Å². The summed E-state index contributed by atoms with van der Waals surface area (Å²) in [5, 5.41) is 0. The maximum Gasteiger partial charge on any atom is 0.121 e. The summed E-state index contributed by atoms with van der Waals surface area (Å²) in [5.74, 6) is 0.802. The van der Waals surface area contributed by atoms with Crippen LogP contribution in [0.5, 0.6) is 5.75 Å². The van der Waals surface area contributed by atoms with Gasteiger partial charge in [0, 0.05) is 12.3 Å². The molecule has 0 N–H and O–H groups in total. The molecule has 2 aromatic rings. The third-order valence-corrected chi connectivity index (χ3v) is 2.09. The first-order valence-corrected chi connectivity index (χ1v) is 4.97. The van der Waals surface area contributed by atoms with E-state index in [9.17, 15) is 0 Å². The summed E-state index contributed by atoms with van der Waals surface area (Å²) >= 11 is 0. The quantitative estimate of drug-likeness (QED) is 0.733. The summed E-state index contributed by atoms with van der Waals surface area (Å²) in [6.07, 6.45) is 3.47. The second-order valence-electron chi connectivity index (χ2n) is 3.21. The van der Waals surface area contributed by atoms with Gasteiger partial charge in [0.05, 0.1) is 24.7 Å². The maximum atomic E-state index is 5.12. The van der Waals surface area contributed by atoms with E-state index in [0.717, 1.165) is 17.1 Å². The number of methoxy groups -OCH3 is 1. The molecule has 1 aromatic carbocycles. The predicted molar refractivity (Wildman–Crippen MR) is 64.5 cm³/mol. The van der Waals surface area contributed by atoms with Crippen molar-refractivity contribution in [2.24, 2.45) is 4.99 Å². The number of pyridine rings is 1. The van der Waals surface area contributed by atoms with Crippen molar-refractivity contribution in [3.05, 3.63) is 54.4 Å². The van der Waals surface area contributed by atoms with E-state index in [1.165, 1.54) is 0 Å². The van der Waals surface area contributed by atoms with Crippen molar-refractivity contribution in [2.45, 2.75) is 0 Å². The van der Waals surface area contributed by atoms with Crippen LogP contribution in [-0.4, -0.2) is 18.3 Å². The Morgan fingerprint density at radius 3 is 2.88 bits per heavy atom. The minimum atomic E-state index is 0.802. The zero-order valence-corrected chi connectivity index (χ0v) is 9.00. The molecule has 0 atom stereocenters. The molecular weight excluding hydrogens is 200 g/mol. The lowest BCUT2D eigenvalue weighted by atomic mass is 10.3. The molecule has 0 unspecified atom stereocenters. The van der Waals surface area contributed by atoms with Crippen LogP contribution in [0.25, 0.3) is 0 Å². The van der Waals surface area contributed by atoms with Gasteiger partial charge in [-0.25, -0.2) is 0 Å². The monoisotopic (exact) mass is 212 g/mol. The Kier molecular flexibility index (Phi) is 3.28. The summed E-state index contributed by atoms with van der Waals surface area (Å²) in [6.45, 7) is 0. The standard InChI is InChI=1S/C13H12N2O/c1-16-13-7-4-6-11(9-13)15-10-12-5-2-3-8-14-12/h2-10H,1H3/b15-10+. The molecule has 0 bridgehead atoms. The fraction of sp³-hybridized carbons (Fsp3) is 0.0769. The number of nitrogens with zero attached hydrogens (tertiary/aromatic N) is 2. The minimum absolute atomic E-state index is 0.802. The average molecular weight is 212 g/mol. The van der Waals surface area contributed by atoms with Crippen LogP contribution in [0.15, 0.2) is 53.7 Å². The van der Waals surface area contributed by atoms with E-state index < -0.39 is 0 Å². The Labute approximate surface area is 94.4 Å². The van der Waals surface area contributed by atoms with Crippen molar-refractivity contribution in [2.75, 3.05) is 7.11 Å². The Balaban J connectivity index is 2.17. The normalized spacial score (nSPS) is 10.6. The molecule has 1 aromatic heterocycles. The van der Waals surface area contributed by atoms with Crippen LogP contribution in [0.2, 0.25) is 0 Å². The van der Waals surface area contributed by atoms with Gasteiger partial charge in [-0.15, -0.1) is 0 Å². The lowest BCUT2D eigenvalue weighted by molar-refractivity contribution is 0.415. The molecule has 2 rings (SSSR count). The zero-order valence-electron chi connectivity index (χ0n) is 9.00. The third-order valence-electron chi connectivity index (χ3n) is 2.09. The van der Waals surface area contributed by atoms with Gasteiger partial charge in [0.2, 0.25) is 0 Å². The number of aliphatic imine (C=N–C) groups is 1. The first-order chi connectivity index (χ1) is 7.88. The summed E-state index contributed by atoms with van der Waals surface area (Å²) in [7, 11) is 1.64. The molecule has 0 aliphatic rings. The number of ether oxygens (including phenoxy) is 1. The topological polar surface area (TPSA) is 34.5 Å². The van der Waals surface area contributed by atoms with E-state index in [1.807, 2.05) is 42.5 Å². The number of aromatic nitrogens is 1. The fourth-order valence-electron chi connectivity index (χ4n) is 1.28. The zero-order chi connectivity index (χ0) is 11.2. The molecule has 3 heteroatoms. The highest BCUT2D eigenvalue weighted by Crippen LogP contribution is 2.18. The van der Waals surface area contributed by atoms with Gasteiger partial charge in [-0.1, -0.05) is 12.1 Å². The van der Waals surface area contributed by atoms with Crippen LogP contribution in [0.3, 0.4) is 0 Å². The van der Waals surface area contributed by atoms with E-state index in [4.69, 9.17) is 4.74 Å². The van der Waals surface area contributed by atoms with Crippen molar-refractivity contribution in [1.82, 2.24) is 4.98 Å². The lowest BCUT2D eigenvalue weighted by Crippen LogP contribution is -1.84. The molecule has 0 saturated heterocycles. The molecule has 0 aliphatic heterocycles. The SMILES string of the molecule is COc1cccc(/N=C/c2ccccn2)c1. The van der Waals surface area contributed by atoms with E-state index in [0.29, 0.717) is 0 Å². The predicted octanol–water partition coefficient (Wildman–Crippen LogP) is 2.84. The van der Waals surface area contributed by atoms with Gasteiger partial charge in [0.25, 0.3) is 0 Å². The van der Waals surface area contributed by atoms with Crippen molar-refractivity contribution in [3.8, 4) is 5.75 Å². The van der Waals surface area contributed by atoms with E-state index in [-0.39, 0.29) is 0 Å². The van der Waals surface area contributed by atoms with Gasteiger partial charge >= 0.3 is 0 Å². The van der Waals surface area contributed by atoms with Crippen LogP contribution in [0.1, 0.15) is 5.69 Å². The van der Waals surface area contributed by atoms with Crippen molar-refractivity contribution >= 4 is 11.9 Å². The second-order valence-corrected chi connectivity index (χ2v) is 3.21. The molecule has 0 saturated carbocycles. The van der Waals surface area contributed by atoms with Gasteiger partial charge in [0.1, 0.15) is 5.75 Å². The molecule has 0 fully saturated rings. The first kappa shape index (κ1) is 10.4. The smallest absolute Gasteiger partial charge is 0.121 e.